The van der Waals surface area contributed by atoms with Crippen LogP contribution in [-0.4, -0.2) is 14.5 Å². The molecule has 2 aliphatic rings. The molecule has 0 bridgehead atoms. The minimum Gasteiger partial charge on any atom is -0.263 e. The van der Waals surface area contributed by atoms with Crippen molar-refractivity contribution in [1.82, 2.24) is 0 Å². The predicted molar refractivity (Wildman–Crippen MR) is 87.0 cm³/mol. The molecule has 4 heteroatoms. The minimum atomic E-state index is -3.60. The van der Waals surface area contributed by atoms with Crippen LogP contribution in [-0.2, 0) is 14.3 Å². The Morgan fingerprint density at radius 1 is 0.773 bits per heavy atom. The third kappa shape index (κ3) is 3.90. The molecule has 3 nitrogen and oxygen atoms in total. The smallest absolute Gasteiger partial charge is 0.263 e. The highest BCUT2D eigenvalue weighted by molar-refractivity contribution is 7.86. The van der Waals surface area contributed by atoms with Crippen LogP contribution in [0.4, 0.5) is 0 Å². The fraction of sp³-hybridized carbons (Fsp3) is 0.667. The van der Waals surface area contributed by atoms with Crippen LogP contribution in [0.3, 0.4) is 0 Å². The second-order valence-corrected chi connectivity index (χ2v) is 8.37. The van der Waals surface area contributed by atoms with Gasteiger partial charge < -0.3 is 0 Å². The van der Waals surface area contributed by atoms with Crippen molar-refractivity contribution in [2.24, 2.45) is 11.8 Å². The fourth-order valence-electron chi connectivity index (χ4n) is 4.08. The Balaban J connectivity index is 1.53. The van der Waals surface area contributed by atoms with Crippen LogP contribution < -0.4 is 0 Å². The van der Waals surface area contributed by atoms with Crippen LogP contribution >= 0.6 is 0 Å². The number of rotatable bonds is 4. The molecule has 0 aliphatic heterocycles. The molecule has 0 unspecified atom stereocenters. The molecule has 0 N–H and O–H groups in total. The molecule has 122 valence electrons. The highest BCUT2D eigenvalue weighted by atomic mass is 32.2. The van der Waals surface area contributed by atoms with Crippen LogP contribution in [0.15, 0.2) is 35.2 Å². The Bertz CT molecular complexity index is 553. The zero-order valence-electron chi connectivity index (χ0n) is 13.1. The summed E-state index contributed by atoms with van der Waals surface area (Å²) in [5.74, 6) is 1.67. The highest BCUT2D eigenvalue weighted by Gasteiger charge is 2.31. The van der Waals surface area contributed by atoms with Gasteiger partial charge >= 0.3 is 0 Å². The molecule has 0 heterocycles. The first-order valence-corrected chi connectivity index (χ1v) is 10.0. The van der Waals surface area contributed by atoms with E-state index in [4.69, 9.17) is 4.18 Å². The average molecular weight is 322 g/mol. The summed E-state index contributed by atoms with van der Waals surface area (Å²) in [6, 6.07) is 8.48. The van der Waals surface area contributed by atoms with Gasteiger partial charge in [0.05, 0.1) is 11.0 Å². The van der Waals surface area contributed by atoms with E-state index in [1.807, 2.05) is 6.07 Å². The molecule has 0 atom stereocenters. The molecule has 0 saturated heterocycles. The van der Waals surface area contributed by atoms with Gasteiger partial charge in [0.2, 0.25) is 0 Å². The third-order valence-corrected chi connectivity index (χ3v) is 6.71. The lowest BCUT2D eigenvalue weighted by atomic mass is 9.73. The van der Waals surface area contributed by atoms with Crippen LogP contribution in [0.5, 0.6) is 0 Å². The van der Waals surface area contributed by atoms with Crippen LogP contribution in [0.1, 0.15) is 57.8 Å². The van der Waals surface area contributed by atoms with E-state index in [9.17, 15) is 8.42 Å². The number of hydrogen-bond acceptors (Lipinski definition) is 3. The van der Waals surface area contributed by atoms with Crippen molar-refractivity contribution < 1.29 is 12.6 Å². The van der Waals surface area contributed by atoms with Gasteiger partial charge in [0.15, 0.2) is 0 Å². The van der Waals surface area contributed by atoms with Gasteiger partial charge in [-0.3, -0.25) is 4.18 Å². The highest BCUT2D eigenvalue weighted by Crippen LogP contribution is 2.39. The molecule has 1 aromatic carbocycles. The van der Waals surface area contributed by atoms with Gasteiger partial charge in [-0.25, -0.2) is 0 Å². The molecule has 2 fully saturated rings. The molecule has 0 aromatic heterocycles. The minimum absolute atomic E-state index is 0.134. The summed E-state index contributed by atoms with van der Waals surface area (Å²) in [5.41, 5.74) is 0. The molecule has 0 amide bonds. The van der Waals surface area contributed by atoms with E-state index >= 15 is 0 Å². The van der Waals surface area contributed by atoms with E-state index in [1.54, 1.807) is 24.3 Å². The van der Waals surface area contributed by atoms with Crippen molar-refractivity contribution >= 4 is 10.1 Å². The first-order chi connectivity index (χ1) is 10.6. The van der Waals surface area contributed by atoms with Gasteiger partial charge in [-0.2, -0.15) is 8.42 Å². The first kappa shape index (κ1) is 16.0. The number of hydrogen-bond donors (Lipinski definition) is 0. The Kier molecular flexibility index (Phi) is 5.19. The van der Waals surface area contributed by atoms with E-state index in [-0.39, 0.29) is 11.0 Å². The van der Waals surface area contributed by atoms with Crippen molar-refractivity contribution in [2.45, 2.75) is 68.8 Å². The fourth-order valence-corrected chi connectivity index (χ4v) is 5.24. The van der Waals surface area contributed by atoms with Gasteiger partial charge in [-0.1, -0.05) is 50.3 Å². The summed E-state index contributed by atoms with van der Waals surface area (Å²) in [7, 11) is -3.60. The molecule has 2 aliphatic carbocycles. The summed E-state index contributed by atoms with van der Waals surface area (Å²) in [4.78, 5) is 0.268. The second kappa shape index (κ2) is 7.14. The Labute approximate surface area is 134 Å². The summed E-state index contributed by atoms with van der Waals surface area (Å²) < 4.78 is 30.0. The van der Waals surface area contributed by atoms with E-state index in [0.29, 0.717) is 0 Å². The third-order valence-electron chi connectivity index (χ3n) is 5.33. The maximum Gasteiger partial charge on any atom is 0.297 e. The van der Waals surface area contributed by atoms with Crippen molar-refractivity contribution in [3.05, 3.63) is 30.3 Å². The molecule has 2 saturated carbocycles. The summed E-state index contributed by atoms with van der Waals surface area (Å²) >= 11 is 0. The zero-order valence-corrected chi connectivity index (χ0v) is 13.9. The van der Waals surface area contributed by atoms with Crippen molar-refractivity contribution in [3.8, 4) is 0 Å². The number of benzene rings is 1. The van der Waals surface area contributed by atoms with E-state index in [1.165, 1.54) is 32.1 Å². The van der Waals surface area contributed by atoms with Gasteiger partial charge in [-0.05, 0) is 49.7 Å². The van der Waals surface area contributed by atoms with Crippen LogP contribution in [0.25, 0.3) is 0 Å². The Morgan fingerprint density at radius 2 is 1.36 bits per heavy atom. The summed E-state index contributed by atoms with van der Waals surface area (Å²) in [6.07, 6.45) is 10.8. The topological polar surface area (TPSA) is 43.4 Å². The first-order valence-electron chi connectivity index (χ1n) is 8.63. The lowest BCUT2D eigenvalue weighted by Gasteiger charge is -2.35. The molecular weight excluding hydrogens is 296 g/mol. The Hall–Kier alpha value is -0.870. The quantitative estimate of drug-likeness (QED) is 0.765. The molecule has 22 heavy (non-hydrogen) atoms. The van der Waals surface area contributed by atoms with Gasteiger partial charge in [-0.15, -0.1) is 0 Å². The van der Waals surface area contributed by atoms with Crippen LogP contribution in [0, 0.1) is 11.8 Å². The van der Waals surface area contributed by atoms with Gasteiger partial charge in [0, 0.05) is 0 Å². The maximum absolute atomic E-state index is 12.3. The van der Waals surface area contributed by atoms with Gasteiger partial charge in [0.1, 0.15) is 0 Å². The SMILES string of the molecule is O=S(=O)(OC1CCC(C2CCCCC2)CC1)c1ccccc1. The average Bonchev–Trinajstić information content (AvgIpc) is 2.57. The lowest BCUT2D eigenvalue weighted by molar-refractivity contribution is 0.104. The maximum atomic E-state index is 12.3. The largest absolute Gasteiger partial charge is 0.297 e. The molecule has 0 radical (unpaired) electrons. The Morgan fingerprint density at radius 3 is 2.00 bits per heavy atom. The van der Waals surface area contributed by atoms with Crippen molar-refractivity contribution in [1.29, 1.82) is 0 Å². The molecule has 1 aromatic rings. The lowest BCUT2D eigenvalue weighted by Crippen LogP contribution is -2.28. The van der Waals surface area contributed by atoms with Gasteiger partial charge in [0.25, 0.3) is 10.1 Å². The molecule has 0 spiro atoms. The normalized spacial score (nSPS) is 27.6. The second-order valence-electron chi connectivity index (χ2n) is 6.80. The summed E-state index contributed by atoms with van der Waals surface area (Å²) in [5, 5.41) is 0. The molecular formula is C18H26O3S. The van der Waals surface area contributed by atoms with E-state index in [0.717, 1.165) is 37.5 Å². The van der Waals surface area contributed by atoms with Crippen LogP contribution in [0.2, 0.25) is 0 Å². The van der Waals surface area contributed by atoms with E-state index in [2.05, 4.69) is 0 Å². The molecule has 3 rings (SSSR count). The predicted octanol–water partition coefficient (Wildman–Crippen LogP) is 4.53. The monoisotopic (exact) mass is 322 g/mol. The van der Waals surface area contributed by atoms with Crippen molar-refractivity contribution in [2.75, 3.05) is 0 Å². The standard InChI is InChI=1S/C18H26O3S/c19-22(20,18-9-5-2-6-10-18)21-17-13-11-16(12-14-17)15-7-3-1-4-8-15/h2,5-6,9-10,15-17H,1,3-4,7-8,11-14H2. The van der Waals surface area contributed by atoms with Crippen molar-refractivity contribution in [3.63, 3.8) is 0 Å². The van der Waals surface area contributed by atoms with E-state index < -0.39 is 10.1 Å². The summed E-state index contributed by atoms with van der Waals surface area (Å²) in [6.45, 7) is 0. The zero-order chi connectivity index (χ0) is 15.4.